The van der Waals surface area contributed by atoms with Gasteiger partial charge in [0.1, 0.15) is 17.4 Å². The minimum absolute atomic E-state index is 0.241. The molecule has 1 unspecified atom stereocenters. The summed E-state index contributed by atoms with van der Waals surface area (Å²) in [6.07, 6.45) is 3.26. The molecule has 2 aliphatic rings. The molecular weight excluding hydrogens is 328 g/mol. The summed E-state index contributed by atoms with van der Waals surface area (Å²) in [5, 5.41) is 0. The van der Waals surface area contributed by atoms with Crippen LogP contribution in [0.2, 0.25) is 0 Å². The van der Waals surface area contributed by atoms with Crippen LogP contribution in [0.3, 0.4) is 0 Å². The molecule has 6 nitrogen and oxygen atoms in total. The highest BCUT2D eigenvalue weighted by Gasteiger charge is 2.27. The van der Waals surface area contributed by atoms with Crippen molar-refractivity contribution in [1.29, 1.82) is 0 Å². The van der Waals surface area contributed by atoms with Gasteiger partial charge in [-0.05, 0) is 37.0 Å². The number of para-hydroxylation sites is 1. The summed E-state index contributed by atoms with van der Waals surface area (Å²) in [6.45, 7) is 5.70. The summed E-state index contributed by atoms with van der Waals surface area (Å²) in [7, 11) is 0. The highest BCUT2D eigenvalue weighted by Crippen LogP contribution is 2.35. The fourth-order valence-electron chi connectivity index (χ4n) is 3.77. The summed E-state index contributed by atoms with van der Waals surface area (Å²) >= 11 is 0. The van der Waals surface area contributed by atoms with Crippen LogP contribution in [0.25, 0.3) is 0 Å². The van der Waals surface area contributed by atoms with Crippen molar-refractivity contribution in [3.63, 3.8) is 0 Å². The van der Waals surface area contributed by atoms with Crippen LogP contribution >= 0.6 is 0 Å². The van der Waals surface area contributed by atoms with Crippen molar-refractivity contribution in [3.8, 4) is 5.75 Å². The number of piperazine rings is 1. The Labute approximate surface area is 153 Å². The van der Waals surface area contributed by atoms with Crippen LogP contribution in [0.1, 0.15) is 30.1 Å². The number of ether oxygens (including phenoxy) is 1. The molecule has 1 aromatic carbocycles. The molecule has 2 aromatic rings. The molecule has 6 heteroatoms. The Balaban J connectivity index is 1.36. The summed E-state index contributed by atoms with van der Waals surface area (Å²) in [6, 6.07) is 10.0. The van der Waals surface area contributed by atoms with E-state index in [9.17, 15) is 4.79 Å². The third kappa shape index (κ3) is 3.49. The van der Waals surface area contributed by atoms with Gasteiger partial charge in [0.05, 0.1) is 6.61 Å². The number of benzene rings is 1. The Morgan fingerprint density at radius 2 is 2.00 bits per heavy atom. The van der Waals surface area contributed by atoms with Gasteiger partial charge < -0.3 is 14.5 Å². The smallest absolute Gasteiger partial charge is 0.223 e. The number of rotatable bonds is 3. The van der Waals surface area contributed by atoms with Crippen molar-refractivity contribution in [2.24, 2.45) is 0 Å². The Hall–Kier alpha value is -2.63. The third-order valence-corrected chi connectivity index (χ3v) is 5.22. The van der Waals surface area contributed by atoms with Gasteiger partial charge in [-0.25, -0.2) is 9.97 Å². The lowest BCUT2D eigenvalue weighted by molar-refractivity contribution is -0.132. The minimum Gasteiger partial charge on any atom is -0.493 e. The molecule has 4 rings (SSSR count). The van der Waals surface area contributed by atoms with Gasteiger partial charge in [-0.1, -0.05) is 18.2 Å². The topological polar surface area (TPSA) is 58.6 Å². The van der Waals surface area contributed by atoms with E-state index in [0.717, 1.165) is 50.0 Å². The summed E-state index contributed by atoms with van der Waals surface area (Å²) in [5.41, 5.74) is 1.17. The predicted octanol–water partition coefficient (Wildman–Crippen LogP) is 2.39. The monoisotopic (exact) mass is 352 g/mol. The Kier molecular flexibility index (Phi) is 4.73. The zero-order valence-electron chi connectivity index (χ0n) is 15.1. The second-order valence-electron chi connectivity index (χ2n) is 6.91. The van der Waals surface area contributed by atoms with Crippen molar-refractivity contribution in [2.75, 3.05) is 37.7 Å². The molecule has 0 bridgehead atoms. The van der Waals surface area contributed by atoms with E-state index in [1.54, 1.807) is 6.20 Å². The number of carbonyl (C=O) groups is 1. The lowest BCUT2D eigenvalue weighted by Gasteiger charge is -2.36. The lowest BCUT2D eigenvalue weighted by atomic mass is 9.90. The zero-order chi connectivity index (χ0) is 17.9. The first-order chi connectivity index (χ1) is 12.7. The molecule has 26 heavy (non-hydrogen) atoms. The molecule has 0 saturated carbocycles. The first-order valence-corrected chi connectivity index (χ1v) is 9.25. The van der Waals surface area contributed by atoms with Crippen molar-refractivity contribution >= 4 is 11.7 Å². The number of hydrogen-bond acceptors (Lipinski definition) is 5. The van der Waals surface area contributed by atoms with Gasteiger partial charge in [-0.15, -0.1) is 0 Å². The Morgan fingerprint density at radius 1 is 1.19 bits per heavy atom. The molecule has 1 fully saturated rings. The fourth-order valence-corrected chi connectivity index (χ4v) is 3.77. The average Bonchev–Trinajstić information content (AvgIpc) is 2.68. The van der Waals surface area contributed by atoms with E-state index in [1.165, 1.54) is 5.56 Å². The summed E-state index contributed by atoms with van der Waals surface area (Å²) < 4.78 is 5.71. The zero-order valence-corrected chi connectivity index (χ0v) is 15.1. The van der Waals surface area contributed by atoms with Gasteiger partial charge in [0, 0.05) is 38.8 Å². The predicted molar refractivity (Wildman–Crippen MR) is 99.5 cm³/mol. The maximum absolute atomic E-state index is 12.8. The lowest BCUT2D eigenvalue weighted by Crippen LogP contribution is -2.49. The first kappa shape index (κ1) is 16.8. The van der Waals surface area contributed by atoms with Gasteiger partial charge in [-0.3, -0.25) is 4.79 Å². The standard InChI is InChI=1S/C20H24N4O2/c1-15-21-8-6-19(22-15)23-9-11-24(12-10-23)20(25)14-16-7-13-26-18-5-3-2-4-17(16)18/h2-6,8,16H,7,9-14H2,1H3. The number of nitrogens with zero attached hydrogens (tertiary/aromatic N) is 4. The molecule has 2 aliphatic heterocycles. The maximum atomic E-state index is 12.8. The van der Waals surface area contributed by atoms with Crippen LogP contribution in [-0.4, -0.2) is 53.6 Å². The number of anilines is 1. The molecular formula is C20H24N4O2. The van der Waals surface area contributed by atoms with E-state index < -0.39 is 0 Å². The minimum atomic E-state index is 0.241. The number of carbonyl (C=O) groups excluding carboxylic acids is 1. The molecule has 0 radical (unpaired) electrons. The molecule has 0 N–H and O–H groups in total. The Morgan fingerprint density at radius 3 is 2.81 bits per heavy atom. The summed E-state index contributed by atoms with van der Waals surface area (Å²) in [5.74, 6) is 3.16. The van der Waals surface area contributed by atoms with Crippen molar-refractivity contribution in [3.05, 3.63) is 47.9 Å². The van der Waals surface area contributed by atoms with Crippen LogP contribution in [0.4, 0.5) is 5.82 Å². The molecule has 3 heterocycles. The SMILES string of the molecule is Cc1nccc(N2CCN(C(=O)CC3CCOc4ccccc43)CC2)n1. The molecule has 1 aromatic heterocycles. The highest BCUT2D eigenvalue weighted by molar-refractivity contribution is 5.77. The number of amides is 1. The third-order valence-electron chi connectivity index (χ3n) is 5.22. The van der Waals surface area contributed by atoms with E-state index in [0.29, 0.717) is 13.0 Å². The Bertz CT molecular complexity index is 787. The number of aryl methyl sites for hydroxylation is 1. The quantitative estimate of drug-likeness (QED) is 0.849. The molecule has 136 valence electrons. The van der Waals surface area contributed by atoms with E-state index in [-0.39, 0.29) is 11.8 Å². The van der Waals surface area contributed by atoms with Crippen molar-refractivity contribution in [2.45, 2.75) is 25.7 Å². The average molecular weight is 352 g/mol. The second kappa shape index (κ2) is 7.32. The van der Waals surface area contributed by atoms with Gasteiger partial charge in [0.15, 0.2) is 0 Å². The van der Waals surface area contributed by atoms with Crippen LogP contribution in [-0.2, 0) is 4.79 Å². The normalized spacial score (nSPS) is 19.7. The molecule has 0 aliphatic carbocycles. The molecule has 1 atom stereocenters. The van der Waals surface area contributed by atoms with E-state index in [4.69, 9.17) is 4.74 Å². The van der Waals surface area contributed by atoms with Crippen LogP contribution in [0.5, 0.6) is 5.75 Å². The van der Waals surface area contributed by atoms with Crippen molar-refractivity contribution < 1.29 is 9.53 Å². The van der Waals surface area contributed by atoms with Gasteiger partial charge in [0.2, 0.25) is 5.91 Å². The van der Waals surface area contributed by atoms with Crippen LogP contribution in [0.15, 0.2) is 36.5 Å². The number of hydrogen-bond donors (Lipinski definition) is 0. The van der Waals surface area contributed by atoms with Crippen LogP contribution in [0, 0.1) is 6.92 Å². The maximum Gasteiger partial charge on any atom is 0.223 e. The molecule has 0 spiro atoms. The van der Waals surface area contributed by atoms with Crippen LogP contribution < -0.4 is 9.64 Å². The van der Waals surface area contributed by atoms with E-state index >= 15 is 0 Å². The van der Waals surface area contributed by atoms with E-state index in [1.807, 2.05) is 36.1 Å². The highest BCUT2D eigenvalue weighted by atomic mass is 16.5. The largest absolute Gasteiger partial charge is 0.493 e. The van der Waals surface area contributed by atoms with Crippen molar-refractivity contribution in [1.82, 2.24) is 14.9 Å². The first-order valence-electron chi connectivity index (χ1n) is 9.25. The number of aromatic nitrogens is 2. The van der Waals surface area contributed by atoms with Gasteiger partial charge in [-0.2, -0.15) is 0 Å². The fraction of sp³-hybridized carbons (Fsp3) is 0.450. The molecule has 1 amide bonds. The van der Waals surface area contributed by atoms with E-state index in [2.05, 4.69) is 20.9 Å². The summed E-state index contributed by atoms with van der Waals surface area (Å²) in [4.78, 5) is 25.7. The van der Waals surface area contributed by atoms with Gasteiger partial charge in [0.25, 0.3) is 0 Å². The second-order valence-corrected chi connectivity index (χ2v) is 6.91. The number of fused-ring (bicyclic) bond motifs is 1. The van der Waals surface area contributed by atoms with Gasteiger partial charge >= 0.3 is 0 Å². The molecule has 1 saturated heterocycles.